The second kappa shape index (κ2) is 9.04. The first-order valence-electron chi connectivity index (χ1n) is 10.4. The van der Waals surface area contributed by atoms with Crippen LogP contribution in [0.3, 0.4) is 0 Å². The fourth-order valence-corrected chi connectivity index (χ4v) is 4.20. The van der Waals surface area contributed by atoms with Gasteiger partial charge in [-0.1, -0.05) is 0 Å². The number of hydrogen-bond acceptors (Lipinski definition) is 4. The van der Waals surface area contributed by atoms with E-state index in [1.807, 2.05) is 29.2 Å². The van der Waals surface area contributed by atoms with Gasteiger partial charge in [0.05, 0.1) is 32.3 Å². The van der Waals surface area contributed by atoms with Crippen molar-refractivity contribution in [1.82, 2.24) is 4.90 Å². The van der Waals surface area contributed by atoms with Gasteiger partial charge in [-0.2, -0.15) is 0 Å². The van der Waals surface area contributed by atoms with Gasteiger partial charge in [0.2, 0.25) is 0 Å². The second-order valence-corrected chi connectivity index (χ2v) is 7.85. The molecule has 1 amide bonds. The van der Waals surface area contributed by atoms with Gasteiger partial charge >= 0.3 is 0 Å². The normalized spacial score (nSPS) is 26.4. The summed E-state index contributed by atoms with van der Waals surface area (Å²) in [5.74, 6) is 0.921. The molecular formula is C21H31N2O4+. The maximum Gasteiger partial charge on any atom is 0.254 e. The number of benzene rings is 1. The molecule has 6 heteroatoms. The number of carbonyl (C=O) groups excluding carboxylic acids is 1. The number of amides is 1. The molecule has 2 atom stereocenters. The molecule has 1 aromatic rings. The van der Waals surface area contributed by atoms with E-state index in [1.165, 1.54) is 12.8 Å². The average Bonchev–Trinajstić information content (AvgIpc) is 3.41. The summed E-state index contributed by atoms with van der Waals surface area (Å²) in [4.78, 5) is 16.3. The highest BCUT2D eigenvalue weighted by atomic mass is 16.5. The van der Waals surface area contributed by atoms with Gasteiger partial charge in [-0.05, 0) is 49.9 Å². The zero-order chi connectivity index (χ0) is 18.5. The Morgan fingerprint density at radius 3 is 2.33 bits per heavy atom. The number of ether oxygens (including phenoxy) is 3. The zero-order valence-electron chi connectivity index (χ0n) is 16.0. The average molecular weight is 375 g/mol. The molecule has 148 valence electrons. The number of piperazine rings is 1. The Balaban J connectivity index is 1.23. The SMILES string of the molecule is O=C(c1ccc(OC[C@H]2CCCO2)cc1)N1CC[NH+](C[C@@H]2CCCO2)CC1. The minimum absolute atomic E-state index is 0.122. The molecule has 27 heavy (non-hydrogen) atoms. The van der Waals surface area contributed by atoms with Crippen LogP contribution in [0.25, 0.3) is 0 Å². The van der Waals surface area contributed by atoms with Crippen molar-refractivity contribution < 1.29 is 23.9 Å². The number of nitrogens with one attached hydrogen (secondary N) is 1. The predicted octanol–water partition coefficient (Wildman–Crippen LogP) is 0.764. The summed E-state index contributed by atoms with van der Waals surface area (Å²) < 4.78 is 17.1. The van der Waals surface area contributed by atoms with Crippen LogP contribution < -0.4 is 9.64 Å². The Bertz CT molecular complexity index is 601. The van der Waals surface area contributed by atoms with Gasteiger partial charge in [0.1, 0.15) is 25.0 Å². The Labute approximate surface area is 161 Å². The molecule has 4 rings (SSSR count). The van der Waals surface area contributed by atoms with Crippen LogP contribution in [-0.2, 0) is 9.47 Å². The van der Waals surface area contributed by atoms with Crippen molar-refractivity contribution >= 4 is 5.91 Å². The fourth-order valence-electron chi connectivity index (χ4n) is 4.20. The van der Waals surface area contributed by atoms with Crippen molar-refractivity contribution in [2.45, 2.75) is 37.9 Å². The van der Waals surface area contributed by atoms with Gasteiger partial charge in [-0.3, -0.25) is 4.79 Å². The third-order valence-electron chi connectivity index (χ3n) is 5.86. The molecule has 0 radical (unpaired) electrons. The van der Waals surface area contributed by atoms with Crippen LogP contribution in [0, 0.1) is 0 Å². The molecule has 1 aromatic carbocycles. The molecule has 6 nitrogen and oxygen atoms in total. The molecule has 0 aromatic heterocycles. The van der Waals surface area contributed by atoms with Gasteiger partial charge < -0.3 is 24.0 Å². The van der Waals surface area contributed by atoms with Gasteiger partial charge in [0, 0.05) is 18.8 Å². The van der Waals surface area contributed by atoms with E-state index in [9.17, 15) is 4.79 Å². The molecular weight excluding hydrogens is 344 g/mol. The summed E-state index contributed by atoms with van der Waals surface area (Å²) in [6.07, 6.45) is 5.19. The predicted molar refractivity (Wildman–Crippen MR) is 101 cm³/mol. The van der Waals surface area contributed by atoms with E-state index in [0.29, 0.717) is 12.7 Å². The molecule has 3 saturated heterocycles. The molecule has 3 fully saturated rings. The molecule has 0 aliphatic carbocycles. The first kappa shape index (κ1) is 18.7. The number of hydrogen-bond donors (Lipinski definition) is 1. The van der Waals surface area contributed by atoms with Crippen molar-refractivity contribution in [1.29, 1.82) is 0 Å². The molecule has 0 saturated carbocycles. The molecule has 3 aliphatic rings. The standard InChI is InChI=1S/C21H30N2O4/c24-21(23-11-9-22(10-12-23)15-19-3-1-13-25-19)17-5-7-18(8-6-17)27-16-20-4-2-14-26-20/h5-8,19-20H,1-4,9-16H2/p+1/t19-,20+/m0/s1. The molecule has 0 bridgehead atoms. The highest BCUT2D eigenvalue weighted by Gasteiger charge is 2.28. The number of nitrogens with zero attached hydrogens (tertiary/aromatic N) is 1. The monoisotopic (exact) mass is 375 g/mol. The van der Waals surface area contributed by atoms with E-state index in [1.54, 1.807) is 4.90 Å². The maximum absolute atomic E-state index is 12.8. The Kier molecular flexibility index (Phi) is 6.27. The lowest BCUT2D eigenvalue weighted by Gasteiger charge is -2.33. The minimum atomic E-state index is 0.122. The third-order valence-corrected chi connectivity index (χ3v) is 5.86. The largest absolute Gasteiger partial charge is 0.491 e. The summed E-state index contributed by atoms with van der Waals surface area (Å²) in [5.41, 5.74) is 0.738. The first-order valence-corrected chi connectivity index (χ1v) is 10.4. The highest BCUT2D eigenvalue weighted by Crippen LogP contribution is 2.17. The van der Waals surface area contributed by atoms with Crippen LogP contribution in [0.5, 0.6) is 5.75 Å². The minimum Gasteiger partial charge on any atom is -0.491 e. The van der Waals surface area contributed by atoms with Crippen LogP contribution in [0.15, 0.2) is 24.3 Å². The van der Waals surface area contributed by atoms with Crippen molar-refractivity contribution in [3.8, 4) is 5.75 Å². The van der Waals surface area contributed by atoms with E-state index in [4.69, 9.17) is 14.2 Å². The quantitative estimate of drug-likeness (QED) is 0.798. The first-order chi connectivity index (χ1) is 13.3. The summed E-state index contributed by atoms with van der Waals surface area (Å²) in [6.45, 7) is 7.07. The van der Waals surface area contributed by atoms with Gasteiger partial charge in [-0.25, -0.2) is 0 Å². The van der Waals surface area contributed by atoms with Gasteiger partial charge in [0.15, 0.2) is 0 Å². The number of quaternary nitrogens is 1. The summed E-state index contributed by atoms with van der Waals surface area (Å²) >= 11 is 0. The van der Waals surface area contributed by atoms with Crippen LogP contribution >= 0.6 is 0 Å². The van der Waals surface area contributed by atoms with E-state index in [2.05, 4.69) is 0 Å². The van der Waals surface area contributed by atoms with Crippen LogP contribution in [0.4, 0.5) is 0 Å². The zero-order valence-corrected chi connectivity index (χ0v) is 16.0. The Morgan fingerprint density at radius 1 is 1.04 bits per heavy atom. The van der Waals surface area contributed by atoms with Gasteiger partial charge in [-0.15, -0.1) is 0 Å². The summed E-state index contributed by atoms with van der Waals surface area (Å²) in [7, 11) is 0. The van der Waals surface area contributed by atoms with E-state index < -0.39 is 0 Å². The van der Waals surface area contributed by atoms with Gasteiger partial charge in [0.25, 0.3) is 5.91 Å². The summed E-state index contributed by atoms with van der Waals surface area (Å²) in [6, 6.07) is 7.53. The molecule has 3 aliphatic heterocycles. The van der Waals surface area contributed by atoms with Crippen molar-refractivity contribution in [2.24, 2.45) is 0 Å². The van der Waals surface area contributed by atoms with E-state index in [-0.39, 0.29) is 12.0 Å². The molecule has 0 unspecified atom stereocenters. The van der Waals surface area contributed by atoms with Crippen LogP contribution in [0.2, 0.25) is 0 Å². The van der Waals surface area contributed by atoms with Crippen molar-refractivity contribution in [3.63, 3.8) is 0 Å². The lowest BCUT2D eigenvalue weighted by molar-refractivity contribution is -0.906. The highest BCUT2D eigenvalue weighted by molar-refractivity contribution is 5.94. The van der Waals surface area contributed by atoms with Crippen molar-refractivity contribution in [3.05, 3.63) is 29.8 Å². The molecule has 0 spiro atoms. The third kappa shape index (κ3) is 5.00. The van der Waals surface area contributed by atoms with Crippen LogP contribution in [-0.4, -0.2) is 75.6 Å². The lowest BCUT2D eigenvalue weighted by atomic mass is 10.1. The molecule has 1 N–H and O–H groups in total. The Morgan fingerprint density at radius 2 is 1.70 bits per heavy atom. The molecule has 3 heterocycles. The topological polar surface area (TPSA) is 52.4 Å². The maximum atomic E-state index is 12.8. The van der Waals surface area contributed by atoms with E-state index in [0.717, 1.165) is 70.1 Å². The summed E-state index contributed by atoms with van der Waals surface area (Å²) in [5, 5.41) is 0. The number of carbonyl (C=O) groups is 1. The Hall–Kier alpha value is -1.63. The smallest absolute Gasteiger partial charge is 0.254 e. The van der Waals surface area contributed by atoms with Crippen LogP contribution in [0.1, 0.15) is 36.0 Å². The lowest BCUT2D eigenvalue weighted by Crippen LogP contribution is -3.15. The second-order valence-electron chi connectivity index (χ2n) is 7.85. The van der Waals surface area contributed by atoms with Crippen molar-refractivity contribution in [2.75, 3.05) is 52.5 Å². The van der Waals surface area contributed by atoms with E-state index >= 15 is 0 Å². The number of rotatable bonds is 6. The fraction of sp³-hybridized carbons (Fsp3) is 0.667.